The molecule has 0 rings (SSSR count). The van der Waals surface area contributed by atoms with Gasteiger partial charge < -0.3 is 5.11 Å². The minimum Gasteiger partial charge on any atom is -0.481 e. The molecule has 0 saturated carbocycles. The second kappa shape index (κ2) is 13.9. The molecular formula is C17H33O2. The van der Waals surface area contributed by atoms with E-state index in [0.717, 1.165) is 25.7 Å². The molecule has 0 aromatic carbocycles. The van der Waals surface area contributed by atoms with Gasteiger partial charge in [-0.1, -0.05) is 84.5 Å². The molecule has 0 spiro atoms. The van der Waals surface area contributed by atoms with Crippen LogP contribution in [0.4, 0.5) is 0 Å². The lowest BCUT2D eigenvalue weighted by molar-refractivity contribution is -0.142. The highest BCUT2D eigenvalue weighted by molar-refractivity contribution is 5.69. The first-order valence-electron chi connectivity index (χ1n) is 8.24. The highest BCUT2D eigenvalue weighted by Crippen LogP contribution is 2.16. The van der Waals surface area contributed by atoms with Crippen molar-refractivity contribution in [3.05, 3.63) is 6.92 Å². The van der Waals surface area contributed by atoms with Gasteiger partial charge in [0.2, 0.25) is 0 Å². The molecule has 0 aromatic rings. The van der Waals surface area contributed by atoms with Gasteiger partial charge >= 0.3 is 5.97 Å². The van der Waals surface area contributed by atoms with Gasteiger partial charge in [0.1, 0.15) is 0 Å². The van der Waals surface area contributed by atoms with Crippen molar-refractivity contribution in [1.29, 1.82) is 0 Å². The van der Waals surface area contributed by atoms with E-state index in [9.17, 15) is 4.79 Å². The molecule has 0 fully saturated rings. The molecule has 1 radical (unpaired) electrons. The molecule has 0 heterocycles. The molecule has 19 heavy (non-hydrogen) atoms. The van der Waals surface area contributed by atoms with Crippen molar-refractivity contribution in [3.63, 3.8) is 0 Å². The molecule has 0 amide bonds. The van der Waals surface area contributed by atoms with Crippen LogP contribution in [0, 0.1) is 12.8 Å². The molecule has 1 N–H and O–H groups in total. The van der Waals surface area contributed by atoms with Crippen LogP contribution in [0.1, 0.15) is 90.4 Å². The van der Waals surface area contributed by atoms with E-state index in [0.29, 0.717) is 0 Å². The van der Waals surface area contributed by atoms with Crippen molar-refractivity contribution in [1.82, 2.24) is 0 Å². The van der Waals surface area contributed by atoms with Crippen molar-refractivity contribution in [2.75, 3.05) is 0 Å². The van der Waals surface area contributed by atoms with Crippen LogP contribution in [0.3, 0.4) is 0 Å². The predicted molar refractivity (Wildman–Crippen MR) is 82.2 cm³/mol. The zero-order chi connectivity index (χ0) is 14.3. The van der Waals surface area contributed by atoms with Gasteiger partial charge in [-0.05, 0) is 12.8 Å². The summed E-state index contributed by atoms with van der Waals surface area (Å²) < 4.78 is 0. The van der Waals surface area contributed by atoms with Gasteiger partial charge in [0.25, 0.3) is 0 Å². The molecule has 0 aromatic heterocycles. The Hall–Kier alpha value is -0.530. The summed E-state index contributed by atoms with van der Waals surface area (Å²) in [6.45, 7) is 5.82. The zero-order valence-corrected chi connectivity index (χ0v) is 12.8. The number of unbranched alkanes of at least 4 members (excludes halogenated alkanes) is 10. The molecule has 0 aliphatic carbocycles. The van der Waals surface area contributed by atoms with Crippen LogP contribution in [0.15, 0.2) is 0 Å². The summed E-state index contributed by atoms with van der Waals surface area (Å²) in [4.78, 5) is 10.8. The fourth-order valence-electron chi connectivity index (χ4n) is 2.48. The molecule has 0 bridgehead atoms. The fourth-order valence-corrected chi connectivity index (χ4v) is 2.48. The van der Waals surface area contributed by atoms with Gasteiger partial charge in [0.05, 0.1) is 5.92 Å². The van der Waals surface area contributed by atoms with Gasteiger partial charge in [-0.2, -0.15) is 0 Å². The van der Waals surface area contributed by atoms with Crippen LogP contribution in [-0.4, -0.2) is 11.1 Å². The van der Waals surface area contributed by atoms with Gasteiger partial charge in [-0.15, -0.1) is 0 Å². The quantitative estimate of drug-likeness (QED) is 0.416. The summed E-state index contributed by atoms with van der Waals surface area (Å²) in [5, 5.41) is 8.93. The normalized spacial score (nSPS) is 12.5. The van der Waals surface area contributed by atoms with E-state index in [1.807, 2.05) is 6.92 Å². The Kier molecular flexibility index (Phi) is 13.5. The lowest BCUT2D eigenvalue weighted by Crippen LogP contribution is -2.12. The van der Waals surface area contributed by atoms with E-state index in [1.54, 1.807) is 0 Å². The first kappa shape index (κ1) is 18.5. The average molecular weight is 269 g/mol. The second-order valence-electron chi connectivity index (χ2n) is 5.62. The highest BCUT2D eigenvalue weighted by Gasteiger charge is 2.13. The van der Waals surface area contributed by atoms with E-state index >= 15 is 0 Å². The largest absolute Gasteiger partial charge is 0.481 e. The van der Waals surface area contributed by atoms with Crippen LogP contribution in [0.25, 0.3) is 0 Å². The number of hydrogen-bond donors (Lipinski definition) is 1. The van der Waals surface area contributed by atoms with Crippen molar-refractivity contribution >= 4 is 5.97 Å². The maximum Gasteiger partial charge on any atom is 0.306 e. The third-order valence-corrected chi connectivity index (χ3v) is 3.89. The number of hydrogen-bond acceptors (Lipinski definition) is 1. The molecular weight excluding hydrogens is 236 g/mol. The Bertz CT molecular complexity index is 201. The van der Waals surface area contributed by atoms with Crippen molar-refractivity contribution in [2.24, 2.45) is 5.92 Å². The van der Waals surface area contributed by atoms with Crippen molar-refractivity contribution in [2.45, 2.75) is 90.4 Å². The van der Waals surface area contributed by atoms with Gasteiger partial charge in [-0.25, -0.2) is 0 Å². The van der Waals surface area contributed by atoms with E-state index in [4.69, 9.17) is 5.11 Å². The molecule has 0 saturated heterocycles. The average Bonchev–Trinajstić information content (AvgIpc) is 2.40. The molecule has 113 valence electrons. The minimum absolute atomic E-state index is 0.118. The van der Waals surface area contributed by atoms with Crippen molar-refractivity contribution < 1.29 is 9.90 Å². The van der Waals surface area contributed by atoms with Crippen LogP contribution < -0.4 is 0 Å². The van der Waals surface area contributed by atoms with Crippen LogP contribution in [-0.2, 0) is 4.79 Å². The third kappa shape index (κ3) is 12.3. The van der Waals surface area contributed by atoms with Gasteiger partial charge in [0.15, 0.2) is 0 Å². The molecule has 1 atom stereocenters. The summed E-state index contributed by atoms with van der Waals surface area (Å²) >= 11 is 0. The Morgan fingerprint density at radius 3 is 1.68 bits per heavy atom. The number of rotatable bonds is 14. The maximum absolute atomic E-state index is 10.8. The Morgan fingerprint density at radius 1 is 0.895 bits per heavy atom. The lowest BCUT2D eigenvalue weighted by Gasteiger charge is -2.08. The Morgan fingerprint density at radius 2 is 1.32 bits per heavy atom. The van der Waals surface area contributed by atoms with E-state index in [2.05, 4.69) is 6.92 Å². The monoisotopic (exact) mass is 269 g/mol. The summed E-state index contributed by atoms with van der Waals surface area (Å²) in [6.07, 6.45) is 15.6. The second-order valence-corrected chi connectivity index (χ2v) is 5.62. The molecule has 1 unspecified atom stereocenters. The van der Waals surface area contributed by atoms with E-state index in [1.165, 1.54) is 57.8 Å². The summed E-state index contributed by atoms with van der Waals surface area (Å²) in [5.74, 6) is -0.738. The van der Waals surface area contributed by atoms with Crippen LogP contribution in [0.5, 0.6) is 0 Å². The first-order chi connectivity index (χ1) is 9.22. The van der Waals surface area contributed by atoms with E-state index < -0.39 is 5.97 Å². The van der Waals surface area contributed by atoms with Gasteiger partial charge in [0, 0.05) is 0 Å². The van der Waals surface area contributed by atoms with E-state index in [-0.39, 0.29) is 5.92 Å². The summed E-state index contributed by atoms with van der Waals surface area (Å²) in [5.41, 5.74) is 0. The molecule has 0 aliphatic heterocycles. The third-order valence-electron chi connectivity index (χ3n) is 3.89. The molecule has 2 nitrogen and oxygen atoms in total. The zero-order valence-electron chi connectivity index (χ0n) is 12.8. The number of carboxylic acids is 1. The Balaban J connectivity index is 3.16. The topological polar surface area (TPSA) is 37.3 Å². The number of carbonyl (C=O) groups is 1. The summed E-state index contributed by atoms with van der Waals surface area (Å²) in [6, 6.07) is 0. The van der Waals surface area contributed by atoms with Crippen LogP contribution >= 0.6 is 0 Å². The number of aliphatic carboxylic acids is 1. The number of carboxylic acid groups (broad SMARTS) is 1. The standard InChI is InChI=1S/C17H33O2/c1-3-5-6-7-8-9-10-11-12-13-14-15-16(4-2)17(18)19/h16H,1,3-15H2,2H3,(H,18,19). The highest BCUT2D eigenvalue weighted by atomic mass is 16.4. The fraction of sp³-hybridized carbons (Fsp3) is 0.882. The van der Waals surface area contributed by atoms with Crippen molar-refractivity contribution in [3.8, 4) is 0 Å². The van der Waals surface area contributed by atoms with Crippen LogP contribution in [0.2, 0.25) is 0 Å². The maximum atomic E-state index is 10.8. The Labute approximate surface area is 120 Å². The predicted octanol–water partition coefficient (Wildman–Crippen LogP) is 5.61. The lowest BCUT2D eigenvalue weighted by atomic mass is 9.98. The molecule has 2 heteroatoms. The summed E-state index contributed by atoms with van der Waals surface area (Å²) in [7, 11) is 0. The first-order valence-corrected chi connectivity index (χ1v) is 8.24. The molecule has 0 aliphatic rings. The SMILES string of the molecule is [CH2]CCCCCCCCCCCCC(CC)C(=O)O. The minimum atomic E-state index is -0.621. The smallest absolute Gasteiger partial charge is 0.306 e. The van der Waals surface area contributed by atoms with Gasteiger partial charge in [-0.3, -0.25) is 4.79 Å².